The molecule has 0 spiro atoms. The molecule has 24 heavy (non-hydrogen) atoms. The lowest BCUT2D eigenvalue weighted by Gasteiger charge is -2.19. The van der Waals surface area contributed by atoms with E-state index in [0.717, 1.165) is 51.1 Å². The van der Waals surface area contributed by atoms with Gasteiger partial charge in [-0.15, -0.1) is 0 Å². The number of unbranched alkanes of at least 4 members (excludes halogenated alkanes) is 1. The van der Waals surface area contributed by atoms with Crippen molar-refractivity contribution in [1.29, 1.82) is 0 Å². The fraction of sp³-hybridized carbons (Fsp3) is 0.667. The number of fused-ring (bicyclic) bond motifs is 1. The van der Waals surface area contributed by atoms with Gasteiger partial charge >= 0.3 is 5.97 Å². The Morgan fingerprint density at radius 1 is 1.42 bits per heavy atom. The van der Waals surface area contributed by atoms with E-state index in [1.807, 2.05) is 0 Å². The number of ether oxygens (including phenoxy) is 1. The van der Waals surface area contributed by atoms with E-state index in [9.17, 15) is 4.79 Å². The monoisotopic (exact) mass is 334 g/mol. The van der Waals surface area contributed by atoms with Crippen LogP contribution in [0.1, 0.15) is 36.9 Å². The van der Waals surface area contributed by atoms with E-state index in [2.05, 4.69) is 34.1 Å². The number of hydrogen-bond acceptors (Lipinski definition) is 6. The number of esters is 1. The minimum atomic E-state index is -0.523. The van der Waals surface area contributed by atoms with E-state index >= 15 is 0 Å². The predicted octanol–water partition coefficient (Wildman–Crippen LogP) is 1.58. The summed E-state index contributed by atoms with van der Waals surface area (Å²) in [7, 11) is 3.43. The van der Waals surface area contributed by atoms with Crippen LogP contribution in [0.25, 0.3) is 0 Å². The smallest absolute Gasteiger partial charge is 0.322 e. The Balaban J connectivity index is 1.63. The molecule has 2 heterocycles. The molecule has 2 rings (SSSR count). The van der Waals surface area contributed by atoms with Crippen molar-refractivity contribution in [2.45, 2.75) is 44.6 Å². The molecule has 0 radical (unpaired) electrons. The lowest BCUT2D eigenvalue weighted by Crippen LogP contribution is -2.35. The van der Waals surface area contributed by atoms with E-state index in [1.165, 1.54) is 24.8 Å². The van der Waals surface area contributed by atoms with Crippen LogP contribution in [0.4, 0.5) is 5.82 Å². The Bertz CT molecular complexity index is 536. The van der Waals surface area contributed by atoms with Gasteiger partial charge in [0.2, 0.25) is 0 Å². The van der Waals surface area contributed by atoms with Gasteiger partial charge in [0.25, 0.3) is 0 Å². The second-order valence-electron chi connectivity index (χ2n) is 6.52. The van der Waals surface area contributed by atoms with Gasteiger partial charge in [0.15, 0.2) is 0 Å². The van der Waals surface area contributed by atoms with Crippen LogP contribution in [0, 0.1) is 0 Å². The van der Waals surface area contributed by atoms with Crippen molar-refractivity contribution >= 4 is 11.8 Å². The van der Waals surface area contributed by atoms with Crippen molar-refractivity contribution in [3.63, 3.8) is 0 Å². The van der Waals surface area contributed by atoms with Crippen molar-refractivity contribution in [3.05, 3.63) is 23.4 Å². The standard InChI is InChI=1S/C18H30N4O2/c1-22(13-10-16(19)18(23)24-2)12-4-3-7-15-9-8-14-6-5-11-20-17(14)21-15/h8-9,16H,3-7,10-13,19H2,1-2H3,(H,20,21)/t16-/m1/s1. The summed E-state index contributed by atoms with van der Waals surface area (Å²) in [6, 6.07) is 3.85. The highest BCUT2D eigenvalue weighted by atomic mass is 16.5. The molecule has 0 fully saturated rings. The molecule has 0 bridgehead atoms. The van der Waals surface area contributed by atoms with Crippen LogP contribution >= 0.6 is 0 Å². The lowest BCUT2D eigenvalue weighted by molar-refractivity contribution is -0.142. The maximum absolute atomic E-state index is 11.3. The fourth-order valence-corrected chi connectivity index (χ4v) is 2.94. The molecule has 1 atom stereocenters. The molecule has 1 aliphatic heterocycles. The van der Waals surface area contributed by atoms with Gasteiger partial charge < -0.3 is 20.7 Å². The fourth-order valence-electron chi connectivity index (χ4n) is 2.94. The molecule has 0 amide bonds. The first-order valence-electron chi connectivity index (χ1n) is 8.84. The number of carbonyl (C=O) groups is 1. The molecule has 134 valence electrons. The summed E-state index contributed by atoms with van der Waals surface area (Å²) in [5.74, 6) is 0.739. The number of carbonyl (C=O) groups excluding carboxylic acids is 1. The zero-order valence-electron chi connectivity index (χ0n) is 14.9. The number of anilines is 1. The van der Waals surface area contributed by atoms with E-state index in [4.69, 9.17) is 10.7 Å². The average Bonchev–Trinajstić information content (AvgIpc) is 2.62. The molecule has 0 aromatic carbocycles. The maximum Gasteiger partial charge on any atom is 0.322 e. The zero-order chi connectivity index (χ0) is 17.4. The molecule has 3 N–H and O–H groups in total. The second-order valence-corrected chi connectivity index (χ2v) is 6.52. The molecule has 6 nitrogen and oxygen atoms in total. The molecule has 0 unspecified atom stereocenters. The van der Waals surface area contributed by atoms with Gasteiger partial charge in [0.05, 0.1) is 7.11 Å². The van der Waals surface area contributed by atoms with Gasteiger partial charge in [0.1, 0.15) is 11.9 Å². The quantitative estimate of drug-likeness (QED) is 0.527. The number of pyridine rings is 1. The Morgan fingerprint density at radius 2 is 2.25 bits per heavy atom. The van der Waals surface area contributed by atoms with Gasteiger partial charge in [0, 0.05) is 12.2 Å². The third-order valence-corrected chi connectivity index (χ3v) is 4.50. The van der Waals surface area contributed by atoms with Gasteiger partial charge in [-0.05, 0) is 70.3 Å². The highest BCUT2D eigenvalue weighted by Crippen LogP contribution is 2.20. The molecule has 6 heteroatoms. The summed E-state index contributed by atoms with van der Waals surface area (Å²) in [6.45, 7) is 2.83. The average molecular weight is 334 g/mol. The Labute approximate surface area is 144 Å². The second kappa shape index (κ2) is 9.59. The van der Waals surface area contributed by atoms with Crippen molar-refractivity contribution in [2.75, 3.05) is 39.1 Å². The van der Waals surface area contributed by atoms with Gasteiger partial charge in [-0.1, -0.05) is 6.07 Å². The predicted molar refractivity (Wildman–Crippen MR) is 96.1 cm³/mol. The number of hydrogen-bond donors (Lipinski definition) is 2. The first kappa shape index (κ1) is 18.7. The number of aromatic nitrogens is 1. The molecule has 1 aliphatic rings. The maximum atomic E-state index is 11.3. The largest absolute Gasteiger partial charge is 0.468 e. The summed E-state index contributed by atoms with van der Waals surface area (Å²) < 4.78 is 4.64. The van der Waals surface area contributed by atoms with Crippen molar-refractivity contribution in [1.82, 2.24) is 9.88 Å². The summed E-state index contributed by atoms with van der Waals surface area (Å²) >= 11 is 0. The summed E-state index contributed by atoms with van der Waals surface area (Å²) in [5, 5.41) is 3.38. The topological polar surface area (TPSA) is 80.5 Å². The number of nitrogens with two attached hydrogens (primary N) is 1. The Morgan fingerprint density at radius 3 is 3.04 bits per heavy atom. The first-order chi connectivity index (χ1) is 11.6. The van der Waals surface area contributed by atoms with Crippen LogP contribution in [-0.4, -0.2) is 55.7 Å². The van der Waals surface area contributed by atoms with Gasteiger partial charge in [-0.2, -0.15) is 0 Å². The molecule has 0 saturated carbocycles. The SMILES string of the molecule is COC(=O)[C@H](N)CCN(C)CCCCc1ccc2c(n1)NCCC2. The first-order valence-corrected chi connectivity index (χ1v) is 8.84. The van der Waals surface area contributed by atoms with Crippen molar-refractivity contribution in [2.24, 2.45) is 5.73 Å². The summed E-state index contributed by atoms with van der Waals surface area (Å²) in [4.78, 5) is 18.2. The molecule has 0 saturated heterocycles. The van der Waals surface area contributed by atoms with Crippen LogP contribution in [0.3, 0.4) is 0 Å². The minimum Gasteiger partial charge on any atom is -0.468 e. The number of nitrogens with one attached hydrogen (secondary N) is 1. The third-order valence-electron chi connectivity index (χ3n) is 4.50. The highest BCUT2D eigenvalue weighted by Gasteiger charge is 2.14. The van der Waals surface area contributed by atoms with Crippen LogP contribution in [0.5, 0.6) is 0 Å². The van der Waals surface area contributed by atoms with Crippen LogP contribution in [0.2, 0.25) is 0 Å². The van der Waals surface area contributed by atoms with E-state index in [1.54, 1.807) is 0 Å². The molecule has 1 aromatic rings. The number of methoxy groups -OCH3 is 1. The molecule has 0 aliphatic carbocycles. The van der Waals surface area contributed by atoms with E-state index in [0.29, 0.717) is 6.42 Å². The normalized spacial score (nSPS) is 14.8. The van der Waals surface area contributed by atoms with Gasteiger partial charge in [-0.3, -0.25) is 4.79 Å². The minimum absolute atomic E-state index is 0.338. The number of aryl methyl sites for hydroxylation is 2. The van der Waals surface area contributed by atoms with Crippen LogP contribution in [-0.2, 0) is 22.4 Å². The van der Waals surface area contributed by atoms with Crippen molar-refractivity contribution in [3.8, 4) is 0 Å². The van der Waals surface area contributed by atoms with Gasteiger partial charge in [-0.25, -0.2) is 4.98 Å². The molecular weight excluding hydrogens is 304 g/mol. The zero-order valence-corrected chi connectivity index (χ0v) is 14.9. The molecule has 1 aromatic heterocycles. The van der Waals surface area contributed by atoms with Crippen LogP contribution in [0.15, 0.2) is 12.1 Å². The van der Waals surface area contributed by atoms with E-state index < -0.39 is 6.04 Å². The van der Waals surface area contributed by atoms with E-state index in [-0.39, 0.29) is 5.97 Å². The molecular formula is C18H30N4O2. The Hall–Kier alpha value is -1.66. The Kier molecular flexibility index (Phi) is 7.46. The van der Waals surface area contributed by atoms with Crippen LogP contribution < -0.4 is 11.1 Å². The lowest BCUT2D eigenvalue weighted by atomic mass is 10.1. The highest BCUT2D eigenvalue weighted by molar-refractivity contribution is 5.75. The number of nitrogens with zero attached hydrogens (tertiary/aromatic N) is 2. The summed E-state index contributed by atoms with van der Waals surface area (Å²) in [5.41, 5.74) is 8.25. The van der Waals surface area contributed by atoms with Crippen molar-refractivity contribution < 1.29 is 9.53 Å². The third kappa shape index (κ3) is 5.76. The summed E-state index contributed by atoms with van der Waals surface area (Å²) in [6.07, 6.45) is 6.18. The number of rotatable bonds is 9.